The summed E-state index contributed by atoms with van der Waals surface area (Å²) in [7, 11) is -2.53. The second-order valence-electron chi connectivity index (χ2n) is 6.92. The van der Waals surface area contributed by atoms with Gasteiger partial charge in [-0.05, 0) is 44.9 Å². The molecule has 0 aliphatic carbocycles. The van der Waals surface area contributed by atoms with E-state index in [-0.39, 0.29) is 42.3 Å². The molecule has 0 radical (unpaired) electrons. The molecule has 1 aromatic carbocycles. The minimum absolute atomic E-state index is 0.0316. The molecular formula is C18H26FN3O5S. The topological polar surface area (TPSA) is 105 Å². The summed E-state index contributed by atoms with van der Waals surface area (Å²) in [5.74, 6) is -2.15. The van der Waals surface area contributed by atoms with Gasteiger partial charge in [-0.15, -0.1) is 0 Å². The highest BCUT2D eigenvalue weighted by molar-refractivity contribution is 7.89. The van der Waals surface area contributed by atoms with Crippen LogP contribution in [0.4, 0.5) is 4.39 Å². The number of benzene rings is 1. The van der Waals surface area contributed by atoms with Gasteiger partial charge in [0.05, 0.1) is 10.8 Å². The highest BCUT2D eigenvalue weighted by Gasteiger charge is 2.33. The summed E-state index contributed by atoms with van der Waals surface area (Å²) in [6.45, 7) is 3.62. The minimum atomic E-state index is -3.95. The van der Waals surface area contributed by atoms with Gasteiger partial charge < -0.3 is 15.4 Å². The number of sulfonamides is 1. The highest BCUT2D eigenvalue weighted by atomic mass is 32.2. The minimum Gasteiger partial charge on any atom is -0.481 e. The normalized spacial score (nSPS) is 18.0. The third kappa shape index (κ3) is 5.41. The van der Waals surface area contributed by atoms with Crippen molar-refractivity contribution in [2.24, 2.45) is 5.92 Å². The molecule has 2 amide bonds. The molecule has 0 saturated carbocycles. The lowest BCUT2D eigenvalue weighted by Gasteiger charge is -2.31. The molecule has 28 heavy (non-hydrogen) atoms. The number of piperidine rings is 1. The lowest BCUT2D eigenvalue weighted by molar-refractivity contribution is -0.126. The van der Waals surface area contributed by atoms with E-state index in [0.29, 0.717) is 12.8 Å². The monoisotopic (exact) mass is 415 g/mol. The number of rotatable bonds is 7. The molecule has 1 atom stereocenters. The quantitative estimate of drug-likeness (QED) is 0.688. The van der Waals surface area contributed by atoms with E-state index in [4.69, 9.17) is 4.74 Å². The molecule has 8 nitrogen and oxygen atoms in total. The van der Waals surface area contributed by atoms with Crippen molar-refractivity contribution < 1.29 is 27.1 Å². The SMILES string of the molecule is CNC(=O)COc1ccc(S(=O)(=O)N2CCCC(C(=O)NC(C)C)C2)cc1F. The average molecular weight is 415 g/mol. The number of carbonyl (C=O) groups excluding carboxylic acids is 2. The number of halogens is 1. The molecule has 1 heterocycles. The van der Waals surface area contributed by atoms with Crippen LogP contribution in [0, 0.1) is 11.7 Å². The summed E-state index contributed by atoms with van der Waals surface area (Å²) in [4.78, 5) is 23.2. The number of hydrogen-bond donors (Lipinski definition) is 2. The zero-order valence-corrected chi connectivity index (χ0v) is 17.0. The highest BCUT2D eigenvalue weighted by Crippen LogP contribution is 2.27. The molecule has 2 rings (SSSR count). The summed E-state index contributed by atoms with van der Waals surface area (Å²) in [5, 5.41) is 5.14. The fraction of sp³-hybridized carbons (Fsp3) is 0.556. The zero-order chi connectivity index (χ0) is 20.9. The number of amides is 2. The van der Waals surface area contributed by atoms with Crippen LogP contribution in [0.15, 0.2) is 23.1 Å². The van der Waals surface area contributed by atoms with Crippen molar-refractivity contribution in [3.05, 3.63) is 24.0 Å². The van der Waals surface area contributed by atoms with Gasteiger partial charge in [-0.1, -0.05) is 0 Å². The molecule has 10 heteroatoms. The van der Waals surface area contributed by atoms with Crippen LogP contribution < -0.4 is 15.4 Å². The Hall–Kier alpha value is -2.20. The predicted molar refractivity (Wildman–Crippen MR) is 101 cm³/mol. The lowest BCUT2D eigenvalue weighted by atomic mass is 9.98. The van der Waals surface area contributed by atoms with Crippen molar-refractivity contribution in [3.63, 3.8) is 0 Å². The molecule has 1 fully saturated rings. The maximum absolute atomic E-state index is 14.2. The summed E-state index contributed by atoms with van der Waals surface area (Å²) >= 11 is 0. The Balaban J connectivity index is 2.14. The summed E-state index contributed by atoms with van der Waals surface area (Å²) in [6.07, 6.45) is 1.15. The number of nitrogens with zero attached hydrogens (tertiary/aromatic N) is 1. The fourth-order valence-corrected chi connectivity index (χ4v) is 4.44. The van der Waals surface area contributed by atoms with Crippen LogP contribution in [0.3, 0.4) is 0 Å². The molecule has 156 valence electrons. The van der Waals surface area contributed by atoms with Crippen molar-refractivity contribution >= 4 is 21.8 Å². The fourth-order valence-electron chi connectivity index (χ4n) is 2.90. The van der Waals surface area contributed by atoms with Gasteiger partial charge in [-0.25, -0.2) is 12.8 Å². The summed E-state index contributed by atoms with van der Waals surface area (Å²) in [6, 6.07) is 3.25. The maximum Gasteiger partial charge on any atom is 0.257 e. The van der Waals surface area contributed by atoms with Gasteiger partial charge in [0.25, 0.3) is 5.91 Å². The molecular weight excluding hydrogens is 389 g/mol. The van der Waals surface area contributed by atoms with E-state index in [1.54, 1.807) is 0 Å². The summed E-state index contributed by atoms with van der Waals surface area (Å²) in [5.41, 5.74) is 0. The Labute approximate surface area is 164 Å². The van der Waals surface area contributed by atoms with Crippen molar-refractivity contribution in [3.8, 4) is 5.75 Å². The molecule has 1 unspecified atom stereocenters. The van der Waals surface area contributed by atoms with E-state index in [9.17, 15) is 22.4 Å². The first-order valence-corrected chi connectivity index (χ1v) is 10.5. The molecule has 0 bridgehead atoms. The van der Waals surface area contributed by atoms with Gasteiger partial charge in [0.15, 0.2) is 18.2 Å². The standard InChI is InChI=1S/C18H26FN3O5S/c1-12(2)21-18(24)13-5-4-8-22(10-13)28(25,26)14-6-7-16(15(19)9-14)27-11-17(23)20-3/h6-7,9,12-13H,4-5,8,10-11H2,1-3H3,(H,20,23)(H,21,24). The molecule has 1 saturated heterocycles. The van der Waals surface area contributed by atoms with E-state index in [2.05, 4.69) is 10.6 Å². The average Bonchev–Trinajstić information content (AvgIpc) is 2.66. The van der Waals surface area contributed by atoms with Crippen molar-refractivity contribution in [1.82, 2.24) is 14.9 Å². The van der Waals surface area contributed by atoms with E-state index < -0.39 is 27.7 Å². The van der Waals surface area contributed by atoms with Gasteiger partial charge in [0.1, 0.15) is 0 Å². The first-order valence-electron chi connectivity index (χ1n) is 9.08. The molecule has 1 aliphatic rings. The first-order chi connectivity index (χ1) is 13.1. The second-order valence-corrected chi connectivity index (χ2v) is 8.86. The molecule has 1 aromatic rings. The maximum atomic E-state index is 14.2. The lowest BCUT2D eigenvalue weighted by Crippen LogP contribution is -2.46. The van der Waals surface area contributed by atoms with Crippen molar-refractivity contribution in [1.29, 1.82) is 0 Å². The predicted octanol–water partition coefficient (Wildman–Crippen LogP) is 0.876. The third-order valence-electron chi connectivity index (χ3n) is 4.36. The number of carbonyl (C=O) groups is 2. The largest absolute Gasteiger partial charge is 0.481 e. The van der Waals surface area contributed by atoms with E-state index in [1.165, 1.54) is 23.5 Å². The number of ether oxygens (including phenoxy) is 1. The van der Waals surface area contributed by atoms with Gasteiger partial charge in [-0.2, -0.15) is 4.31 Å². The van der Waals surface area contributed by atoms with Crippen LogP contribution in [-0.2, 0) is 19.6 Å². The van der Waals surface area contributed by atoms with Crippen molar-refractivity contribution in [2.45, 2.75) is 37.6 Å². The zero-order valence-electron chi connectivity index (χ0n) is 16.2. The van der Waals surface area contributed by atoms with Crippen LogP contribution in [0.2, 0.25) is 0 Å². The van der Waals surface area contributed by atoms with Crippen LogP contribution in [-0.4, -0.2) is 57.3 Å². The van der Waals surface area contributed by atoms with Gasteiger partial charge in [0, 0.05) is 26.2 Å². The molecule has 2 N–H and O–H groups in total. The smallest absolute Gasteiger partial charge is 0.257 e. The molecule has 0 spiro atoms. The Kier molecular flexibility index (Phi) is 7.36. The van der Waals surface area contributed by atoms with E-state index in [0.717, 1.165) is 6.07 Å². The third-order valence-corrected chi connectivity index (χ3v) is 6.23. The Bertz CT molecular complexity index is 829. The Morgan fingerprint density at radius 3 is 2.68 bits per heavy atom. The van der Waals surface area contributed by atoms with E-state index >= 15 is 0 Å². The Morgan fingerprint density at radius 2 is 2.07 bits per heavy atom. The van der Waals surface area contributed by atoms with Crippen LogP contribution in [0.25, 0.3) is 0 Å². The van der Waals surface area contributed by atoms with Gasteiger partial charge >= 0.3 is 0 Å². The van der Waals surface area contributed by atoms with Gasteiger partial charge in [0.2, 0.25) is 15.9 Å². The molecule has 0 aromatic heterocycles. The number of hydrogen-bond acceptors (Lipinski definition) is 5. The second kappa shape index (κ2) is 9.33. The number of likely N-dealkylation sites (N-methyl/N-ethyl adjacent to an activating group) is 1. The van der Waals surface area contributed by atoms with E-state index in [1.807, 2.05) is 13.8 Å². The number of nitrogens with one attached hydrogen (secondary N) is 2. The Morgan fingerprint density at radius 1 is 1.36 bits per heavy atom. The molecule has 1 aliphatic heterocycles. The van der Waals surface area contributed by atoms with Crippen LogP contribution in [0.5, 0.6) is 5.75 Å². The first kappa shape index (κ1) is 22.1. The van der Waals surface area contributed by atoms with Crippen LogP contribution in [0.1, 0.15) is 26.7 Å². The van der Waals surface area contributed by atoms with Gasteiger partial charge in [-0.3, -0.25) is 9.59 Å². The summed E-state index contributed by atoms with van der Waals surface area (Å²) < 4.78 is 46.2. The van der Waals surface area contributed by atoms with Crippen LogP contribution >= 0.6 is 0 Å². The van der Waals surface area contributed by atoms with Crippen molar-refractivity contribution in [2.75, 3.05) is 26.7 Å².